The van der Waals surface area contributed by atoms with Crippen molar-refractivity contribution in [2.24, 2.45) is 0 Å². The monoisotopic (exact) mass is 367 g/mol. The molecule has 0 aliphatic carbocycles. The van der Waals surface area contributed by atoms with Gasteiger partial charge in [0.05, 0.1) is 0 Å². The van der Waals surface area contributed by atoms with Crippen molar-refractivity contribution in [2.45, 2.75) is 25.4 Å². The van der Waals surface area contributed by atoms with Crippen LogP contribution in [-0.4, -0.2) is 45.4 Å². The highest BCUT2D eigenvalue weighted by molar-refractivity contribution is 5.86. The molecule has 4 rings (SSSR count). The third-order valence-electron chi connectivity index (χ3n) is 5.18. The number of phenols is 2. The summed E-state index contributed by atoms with van der Waals surface area (Å²) >= 11 is 0. The zero-order valence-electron chi connectivity index (χ0n) is 14.8. The summed E-state index contributed by atoms with van der Waals surface area (Å²) in [5.41, 5.74) is 3.47. The first-order valence-corrected chi connectivity index (χ1v) is 8.97. The number of rotatable bonds is 4. The Morgan fingerprint density at radius 1 is 1.19 bits per heavy atom. The molecule has 6 heteroatoms. The Labute approximate surface area is 156 Å². The third kappa shape index (κ3) is 3.48. The molecule has 3 N–H and O–H groups in total. The minimum Gasteiger partial charge on any atom is -0.508 e. The second kappa shape index (κ2) is 6.96. The number of nitrogens with zero attached hydrogens (tertiary/aromatic N) is 1. The van der Waals surface area contributed by atoms with Gasteiger partial charge in [-0.3, -0.25) is 9.69 Å². The van der Waals surface area contributed by atoms with Crippen molar-refractivity contribution < 1.29 is 24.9 Å². The number of aliphatic carboxylic acids is 1. The molecule has 6 nitrogen and oxygen atoms in total. The first-order valence-electron chi connectivity index (χ1n) is 8.97. The molecule has 0 saturated carbocycles. The fourth-order valence-electron chi connectivity index (χ4n) is 3.74. The van der Waals surface area contributed by atoms with Gasteiger partial charge >= 0.3 is 5.97 Å². The summed E-state index contributed by atoms with van der Waals surface area (Å²) < 4.78 is 5.79. The van der Waals surface area contributed by atoms with E-state index in [0.717, 1.165) is 23.1 Å². The Morgan fingerprint density at radius 2 is 1.96 bits per heavy atom. The number of carbonyl (C=O) groups is 1. The fourth-order valence-corrected chi connectivity index (χ4v) is 3.74. The van der Waals surface area contributed by atoms with Crippen molar-refractivity contribution in [3.8, 4) is 17.2 Å². The highest BCUT2D eigenvalue weighted by atomic mass is 16.5. The normalized spacial score (nSPS) is 19.3. The Bertz CT molecular complexity index is 904. The number of ether oxygens (including phenoxy) is 1. The van der Waals surface area contributed by atoms with Crippen LogP contribution in [0.25, 0.3) is 11.6 Å². The van der Waals surface area contributed by atoms with Gasteiger partial charge in [0.15, 0.2) is 0 Å². The number of carboxylic acid groups (broad SMARTS) is 1. The molecule has 27 heavy (non-hydrogen) atoms. The number of aromatic hydroxyl groups is 2. The third-order valence-corrected chi connectivity index (χ3v) is 5.18. The lowest BCUT2D eigenvalue weighted by atomic mass is 9.99. The topological polar surface area (TPSA) is 90.2 Å². The first-order chi connectivity index (χ1) is 13.0. The van der Waals surface area contributed by atoms with Crippen LogP contribution in [0.2, 0.25) is 0 Å². The van der Waals surface area contributed by atoms with Gasteiger partial charge in [-0.25, -0.2) is 0 Å². The number of hydrogen-bond acceptors (Lipinski definition) is 5. The molecule has 2 heterocycles. The minimum atomic E-state index is -0.817. The maximum atomic E-state index is 11.4. The molecular weight excluding hydrogens is 346 g/mol. The van der Waals surface area contributed by atoms with E-state index in [1.165, 1.54) is 0 Å². The molecule has 2 aliphatic heterocycles. The van der Waals surface area contributed by atoms with Crippen LogP contribution < -0.4 is 4.74 Å². The molecule has 1 unspecified atom stereocenters. The second-order valence-electron chi connectivity index (χ2n) is 6.99. The maximum absolute atomic E-state index is 11.4. The molecule has 1 fully saturated rings. The van der Waals surface area contributed by atoms with Gasteiger partial charge in [0.1, 0.15) is 29.9 Å². The second-order valence-corrected chi connectivity index (χ2v) is 6.99. The van der Waals surface area contributed by atoms with Crippen LogP contribution in [0.3, 0.4) is 0 Å². The van der Waals surface area contributed by atoms with Gasteiger partial charge in [0.2, 0.25) is 0 Å². The van der Waals surface area contributed by atoms with Gasteiger partial charge in [0, 0.05) is 23.7 Å². The van der Waals surface area contributed by atoms with Gasteiger partial charge in [-0.15, -0.1) is 0 Å². The number of phenolic OH excluding ortho intramolecular Hbond substituents is 2. The van der Waals surface area contributed by atoms with Crippen molar-refractivity contribution >= 4 is 17.6 Å². The predicted octanol–water partition coefficient (Wildman–Crippen LogP) is 3.08. The summed E-state index contributed by atoms with van der Waals surface area (Å²) in [7, 11) is 0. The van der Waals surface area contributed by atoms with Crippen LogP contribution in [0.1, 0.15) is 29.5 Å². The molecule has 2 aliphatic rings. The number of likely N-dealkylation sites (tertiary alicyclic amines) is 1. The molecule has 0 aromatic heterocycles. The van der Waals surface area contributed by atoms with E-state index in [4.69, 9.17) is 4.74 Å². The molecule has 2 aromatic carbocycles. The average Bonchev–Trinajstić information content (AvgIpc) is 3.11. The number of fused-ring (bicyclic) bond motifs is 1. The van der Waals surface area contributed by atoms with Gasteiger partial charge in [0.25, 0.3) is 0 Å². The molecule has 0 amide bonds. The standard InChI is InChI=1S/C21H21NO5/c23-17-5-3-13(4-6-17)16-9-14-8-15(19(24)10-20(14)27-12-16)11-22-7-1-2-18(22)21(25)26/h3-6,8-10,18,23-24H,1-2,7,11-12H2,(H,25,26). The summed E-state index contributed by atoms with van der Waals surface area (Å²) in [6.07, 6.45) is 3.48. The minimum absolute atomic E-state index is 0.117. The summed E-state index contributed by atoms with van der Waals surface area (Å²) in [6.45, 7) is 1.47. The zero-order valence-corrected chi connectivity index (χ0v) is 14.8. The Balaban J connectivity index is 1.63. The lowest BCUT2D eigenvalue weighted by Crippen LogP contribution is -2.35. The summed E-state index contributed by atoms with van der Waals surface area (Å²) in [4.78, 5) is 13.3. The Morgan fingerprint density at radius 3 is 2.70 bits per heavy atom. The van der Waals surface area contributed by atoms with Crippen molar-refractivity contribution in [3.05, 3.63) is 53.1 Å². The van der Waals surface area contributed by atoms with E-state index in [1.807, 2.05) is 29.2 Å². The number of carboxylic acids is 1. The Hall–Kier alpha value is -2.99. The maximum Gasteiger partial charge on any atom is 0.320 e. The summed E-state index contributed by atoms with van der Waals surface area (Å²) in [5, 5.41) is 29.2. The highest BCUT2D eigenvalue weighted by Crippen LogP contribution is 2.36. The lowest BCUT2D eigenvalue weighted by Gasteiger charge is -2.24. The van der Waals surface area contributed by atoms with E-state index in [0.29, 0.717) is 37.4 Å². The van der Waals surface area contributed by atoms with Crippen LogP contribution in [0.5, 0.6) is 17.2 Å². The van der Waals surface area contributed by atoms with Crippen molar-refractivity contribution in [3.63, 3.8) is 0 Å². The SMILES string of the molecule is O=C(O)C1CCCN1Cc1cc2c(cc1O)OCC(c1ccc(O)cc1)=C2. The van der Waals surface area contributed by atoms with Crippen LogP contribution in [0.15, 0.2) is 36.4 Å². The average molecular weight is 367 g/mol. The summed E-state index contributed by atoms with van der Waals surface area (Å²) in [6, 6.07) is 9.89. The quantitative estimate of drug-likeness (QED) is 0.769. The van der Waals surface area contributed by atoms with Gasteiger partial charge < -0.3 is 20.1 Å². The largest absolute Gasteiger partial charge is 0.508 e. The molecule has 2 aromatic rings. The van der Waals surface area contributed by atoms with Gasteiger partial charge in [-0.1, -0.05) is 12.1 Å². The molecule has 1 atom stereocenters. The fraction of sp³-hybridized carbons (Fsp3) is 0.286. The molecule has 0 spiro atoms. The van der Waals surface area contributed by atoms with Crippen LogP contribution in [-0.2, 0) is 11.3 Å². The molecular formula is C21H21NO5. The smallest absolute Gasteiger partial charge is 0.320 e. The van der Waals surface area contributed by atoms with Crippen LogP contribution in [0, 0.1) is 0 Å². The van der Waals surface area contributed by atoms with E-state index < -0.39 is 12.0 Å². The highest BCUT2D eigenvalue weighted by Gasteiger charge is 2.31. The van der Waals surface area contributed by atoms with Gasteiger partial charge in [-0.2, -0.15) is 0 Å². The predicted molar refractivity (Wildman–Crippen MR) is 101 cm³/mol. The van der Waals surface area contributed by atoms with E-state index in [2.05, 4.69) is 0 Å². The van der Waals surface area contributed by atoms with Crippen LogP contribution >= 0.6 is 0 Å². The zero-order chi connectivity index (χ0) is 19.0. The molecule has 1 saturated heterocycles. The van der Waals surface area contributed by atoms with E-state index in [1.54, 1.807) is 18.2 Å². The van der Waals surface area contributed by atoms with Crippen molar-refractivity contribution in [1.82, 2.24) is 4.90 Å². The van der Waals surface area contributed by atoms with E-state index in [9.17, 15) is 20.1 Å². The van der Waals surface area contributed by atoms with E-state index in [-0.39, 0.29) is 11.5 Å². The van der Waals surface area contributed by atoms with E-state index >= 15 is 0 Å². The molecule has 140 valence electrons. The van der Waals surface area contributed by atoms with Gasteiger partial charge in [-0.05, 0) is 54.8 Å². The Kier molecular flexibility index (Phi) is 4.49. The first kappa shape index (κ1) is 17.4. The summed E-state index contributed by atoms with van der Waals surface area (Å²) in [5.74, 6) is 0.117. The van der Waals surface area contributed by atoms with Crippen molar-refractivity contribution in [2.75, 3.05) is 13.2 Å². The lowest BCUT2D eigenvalue weighted by molar-refractivity contribution is -0.142. The van der Waals surface area contributed by atoms with Crippen LogP contribution in [0.4, 0.5) is 0 Å². The molecule has 0 radical (unpaired) electrons. The molecule has 0 bridgehead atoms. The van der Waals surface area contributed by atoms with Crippen molar-refractivity contribution in [1.29, 1.82) is 0 Å². The number of benzene rings is 2. The number of hydrogen-bond donors (Lipinski definition) is 3.